The maximum Gasteiger partial charge on any atom is 0.255 e. The van der Waals surface area contributed by atoms with Crippen LogP contribution >= 0.6 is 0 Å². The van der Waals surface area contributed by atoms with E-state index >= 15 is 0 Å². The van der Waals surface area contributed by atoms with E-state index in [1.807, 2.05) is 19.1 Å². The highest BCUT2D eigenvalue weighted by Crippen LogP contribution is 2.40. The van der Waals surface area contributed by atoms with Crippen molar-refractivity contribution < 1.29 is 19.1 Å². The predicted octanol–water partition coefficient (Wildman–Crippen LogP) is 3.22. The molecule has 0 bridgehead atoms. The zero-order valence-electron chi connectivity index (χ0n) is 13.0. The molecule has 1 aliphatic heterocycles. The third-order valence-corrected chi connectivity index (χ3v) is 3.64. The van der Waals surface area contributed by atoms with E-state index in [4.69, 9.17) is 9.47 Å². The largest absolute Gasteiger partial charge is 0.486 e. The van der Waals surface area contributed by atoms with Crippen molar-refractivity contribution in [1.82, 2.24) is 0 Å². The fourth-order valence-corrected chi connectivity index (χ4v) is 2.42. The molecule has 5 heteroatoms. The van der Waals surface area contributed by atoms with Gasteiger partial charge in [0.05, 0.1) is 5.69 Å². The van der Waals surface area contributed by atoms with E-state index in [1.165, 1.54) is 6.92 Å². The van der Waals surface area contributed by atoms with Gasteiger partial charge in [-0.05, 0) is 38.1 Å². The van der Waals surface area contributed by atoms with Crippen molar-refractivity contribution in [2.24, 2.45) is 0 Å². The second kappa shape index (κ2) is 6.12. The number of carbonyl (C=O) groups excluding carboxylic acids is 2. The van der Waals surface area contributed by atoms with E-state index in [9.17, 15) is 9.59 Å². The first-order valence-electron chi connectivity index (χ1n) is 7.38. The fourth-order valence-electron chi connectivity index (χ4n) is 2.42. The summed E-state index contributed by atoms with van der Waals surface area (Å²) < 4.78 is 11.1. The van der Waals surface area contributed by atoms with Crippen LogP contribution in [0, 0.1) is 6.92 Å². The second-order valence-corrected chi connectivity index (χ2v) is 5.39. The average Bonchev–Trinajstić information content (AvgIpc) is 2.55. The van der Waals surface area contributed by atoms with E-state index < -0.39 is 0 Å². The lowest BCUT2D eigenvalue weighted by Crippen LogP contribution is -2.20. The minimum absolute atomic E-state index is 0.152. The number of anilines is 1. The Kier molecular flexibility index (Phi) is 4.02. The summed E-state index contributed by atoms with van der Waals surface area (Å²) in [6.45, 7) is 4.22. The van der Waals surface area contributed by atoms with Crippen LogP contribution in [0.25, 0.3) is 0 Å². The van der Waals surface area contributed by atoms with Crippen molar-refractivity contribution in [2.45, 2.75) is 13.8 Å². The van der Waals surface area contributed by atoms with Gasteiger partial charge in [-0.1, -0.05) is 17.7 Å². The summed E-state index contributed by atoms with van der Waals surface area (Å²) in [4.78, 5) is 24.3. The molecular formula is C18H17NO4. The monoisotopic (exact) mass is 311 g/mol. The number of amides is 1. The van der Waals surface area contributed by atoms with Crippen molar-refractivity contribution in [3.63, 3.8) is 0 Å². The number of hydrogen-bond donors (Lipinski definition) is 1. The fraction of sp³-hybridized carbons (Fsp3) is 0.222. The Labute approximate surface area is 134 Å². The van der Waals surface area contributed by atoms with Crippen LogP contribution in [-0.2, 0) is 0 Å². The van der Waals surface area contributed by atoms with Gasteiger partial charge in [-0.25, -0.2) is 0 Å². The van der Waals surface area contributed by atoms with E-state index in [0.29, 0.717) is 41.5 Å². The number of benzene rings is 2. The Morgan fingerprint density at radius 1 is 1.00 bits per heavy atom. The Morgan fingerprint density at radius 2 is 1.70 bits per heavy atom. The van der Waals surface area contributed by atoms with Crippen molar-refractivity contribution >= 4 is 17.4 Å². The molecule has 1 amide bonds. The van der Waals surface area contributed by atoms with Crippen molar-refractivity contribution in [3.05, 3.63) is 53.1 Å². The lowest BCUT2D eigenvalue weighted by atomic mass is 10.1. The van der Waals surface area contributed by atoms with Crippen LogP contribution in [0.3, 0.4) is 0 Å². The summed E-state index contributed by atoms with van der Waals surface area (Å²) in [5.41, 5.74) is 2.34. The molecule has 0 saturated heterocycles. The molecule has 0 fully saturated rings. The SMILES string of the molecule is CC(=O)c1ccc2c(c1NC(=O)c1ccc(C)cc1)OCCO2. The van der Waals surface area contributed by atoms with E-state index in [2.05, 4.69) is 5.32 Å². The summed E-state index contributed by atoms with van der Waals surface area (Å²) in [5.74, 6) is 0.487. The average molecular weight is 311 g/mol. The first kappa shape index (κ1) is 15.1. The summed E-state index contributed by atoms with van der Waals surface area (Å²) in [6.07, 6.45) is 0. The zero-order chi connectivity index (χ0) is 16.4. The lowest BCUT2D eigenvalue weighted by Gasteiger charge is -2.22. The zero-order valence-corrected chi connectivity index (χ0v) is 13.0. The molecule has 0 aromatic heterocycles. The number of ether oxygens (including phenoxy) is 2. The molecule has 0 atom stereocenters. The molecule has 1 N–H and O–H groups in total. The van der Waals surface area contributed by atoms with Crippen LogP contribution in [0.15, 0.2) is 36.4 Å². The number of aryl methyl sites for hydroxylation is 1. The minimum Gasteiger partial charge on any atom is -0.486 e. The second-order valence-electron chi connectivity index (χ2n) is 5.39. The molecule has 5 nitrogen and oxygen atoms in total. The highest BCUT2D eigenvalue weighted by Gasteiger charge is 2.23. The predicted molar refractivity (Wildman–Crippen MR) is 86.6 cm³/mol. The summed E-state index contributed by atoms with van der Waals surface area (Å²) in [6, 6.07) is 10.5. The van der Waals surface area contributed by atoms with Gasteiger partial charge in [0.2, 0.25) is 0 Å². The number of rotatable bonds is 3. The van der Waals surface area contributed by atoms with E-state index in [0.717, 1.165) is 5.56 Å². The standard InChI is InChI=1S/C18H17NO4/c1-11-3-5-13(6-4-11)18(21)19-16-14(12(2)20)7-8-15-17(16)23-10-9-22-15/h3-8H,9-10H2,1-2H3,(H,19,21). The third-order valence-electron chi connectivity index (χ3n) is 3.64. The smallest absolute Gasteiger partial charge is 0.255 e. The number of fused-ring (bicyclic) bond motifs is 1. The molecule has 0 saturated carbocycles. The quantitative estimate of drug-likeness (QED) is 0.884. The molecular weight excluding hydrogens is 294 g/mol. The summed E-state index contributed by atoms with van der Waals surface area (Å²) in [5, 5.41) is 2.79. The topological polar surface area (TPSA) is 64.6 Å². The molecule has 3 rings (SSSR count). The summed E-state index contributed by atoms with van der Waals surface area (Å²) >= 11 is 0. The first-order valence-corrected chi connectivity index (χ1v) is 7.38. The third kappa shape index (κ3) is 3.04. The molecule has 0 radical (unpaired) electrons. The Morgan fingerprint density at radius 3 is 2.39 bits per heavy atom. The van der Waals surface area contributed by atoms with E-state index in [-0.39, 0.29) is 11.7 Å². The molecule has 0 unspecified atom stereocenters. The Hall–Kier alpha value is -2.82. The van der Waals surface area contributed by atoms with Gasteiger partial charge in [0.1, 0.15) is 13.2 Å². The highest BCUT2D eigenvalue weighted by molar-refractivity contribution is 6.10. The van der Waals surface area contributed by atoms with Crippen LogP contribution in [0.5, 0.6) is 11.5 Å². The van der Waals surface area contributed by atoms with Crippen LogP contribution in [0.4, 0.5) is 5.69 Å². The maximum absolute atomic E-state index is 12.5. The van der Waals surface area contributed by atoms with Crippen LogP contribution in [0.2, 0.25) is 0 Å². The molecule has 2 aromatic carbocycles. The highest BCUT2D eigenvalue weighted by atomic mass is 16.6. The Bertz CT molecular complexity index is 765. The van der Waals surface area contributed by atoms with Crippen molar-refractivity contribution in [1.29, 1.82) is 0 Å². The van der Waals surface area contributed by atoms with Gasteiger partial charge < -0.3 is 14.8 Å². The maximum atomic E-state index is 12.5. The van der Waals surface area contributed by atoms with Gasteiger partial charge in [0.15, 0.2) is 17.3 Å². The van der Waals surface area contributed by atoms with Gasteiger partial charge in [-0.15, -0.1) is 0 Å². The van der Waals surface area contributed by atoms with Gasteiger partial charge >= 0.3 is 0 Å². The van der Waals surface area contributed by atoms with Crippen LogP contribution < -0.4 is 14.8 Å². The van der Waals surface area contributed by atoms with Crippen molar-refractivity contribution in [3.8, 4) is 11.5 Å². The molecule has 1 heterocycles. The number of hydrogen-bond acceptors (Lipinski definition) is 4. The summed E-state index contributed by atoms with van der Waals surface area (Å²) in [7, 11) is 0. The molecule has 23 heavy (non-hydrogen) atoms. The first-order chi connectivity index (χ1) is 11.1. The number of ketones is 1. The van der Waals surface area contributed by atoms with Crippen LogP contribution in [-0.4, -0.2) is 24.9 Å². The minimum atomic E-state index is -0.296. The number of carbonyl (C=O) groups is 2. The number of Topliss-reactive ketones (excluding diaryl/α,β-unsaturated/α-hetero) is 1. The van der Waals surface area contributed by atoms with Gasteiger partial charge in [0, 0.05) is 11.1 Å². The normalized spacial score (nSPS) is 12.6. The molecule has 118 valence electrons. The van der Waals surface area contributed by atoms with Gasteiger partial charge in [-0.3, -0.25) is 9.59 Å². The van der Waals surface area contributed by atoms with Gasteiger partial charge in [0.25, 0.3) is 5.91 Å². The Balaban J connectivity index is 1.99. The van der Waals surface area contributed by atoms with Crippen molar-refractivity contribution in [2.75, 3.05) is 18.5 Å². The molecule has 0 spiro atoms. The molecule has 1 aliphatic rings. The van der Waals surface area contributed by atoms with E-state index in [1.54, 1.807) is 24.3 Å². The number of nitrogens with one attached hydrogen (secondary N) is 1. The molecule has 2 aromatic rings. The van der Waals surface area contributed by atoms with Crippen LogP contribution in [0.1, 0.15) is 33.2 Å². The molecule has 0 aliphatic carbocycles. The lowest BCUT2D eigenvalue weighted by molar-refractivity contribution is 0.101. The van der Waals surface area contributed by atoms with Gasteiger partial charge in [-0.2, -0.15) is 0 Å².